The molecular weight excluding hydrogens is 288 g/mol. The third-order valence-electron chi connectivity index (χ3n) is 4.90. The van der Waals surface area contributed by atoms with Gasteiger partial charge in [0.05, 0.1) is 12.1 Å². The molecule has 1 amide bonds. The normalized spacial score (nSPS) is 18.1. The van der Waals surface area contributed by atoms with E-state index >= 15 is 0 Å². The second-order valence-corrected chi connectivity index (χ2v) is 6.48. The van der Waals surface area contributed by atoms with Gasteiger partial charge < -0.3 is 9.64 Å². The molecule has 0 saturated carbocycles. The number of aromatic nitrogens is 1. The molecule has 0 radical (unpaired) electrons. The maximum absolute atomic E-state index is 12.1. The Morgan fingerprint density at radius 2 is 2.13 bits per heavy atom. The molecule has 0 aliphatic carbocycles. The van der Waals surface area contributed by atoms with Crippen molar-refractivity contribution in [1.82, 2.24) is 9.88 Å². The highest BCUT2D eigenvalue weighted by atomic mass is 16.5. The first-order valence-corrected chi connectivity index (χ1v) is 8.20. The van der Waals surface area contributed by atoms with E-state index in [0.29, 0.717) is 25.5 Å². The fraction of sp³-hybridized carbons (Fsp3) is 0.474. The lowest BCUT2D eigenvalue weighted by Gasteiger charge is -2.16. The maximum atomic E-state index is 12.1. The molecule has 1 aromatic carbocycles. The summed E-state index contributed by atoms with van der Waals surface area (Å²) in [7, 11) is 1.67. The third-order valence-corrected chi connectivity index (χ3v) is 4.90. The number of rotatable bonds is 5. The summed E-state index contributed by atoms with van der Waals surface area (Å²) in [5.41, 5.74) is 4.89. The molecule has 0 bridgehead atoms. The van der Waals surface area contributed by atoms with E-state index in [1.807, 2.05) is 11.1 Å². The van der Waals surface area contributed by atoms with E-state index in [2.05, 4.69) is 37.0 Å². The lowest BCUT2D eigenvalue weighted by atomic mass is 9.94. The lowest BCUT2D eigenvalue weighted by Crippen LogP contribution is -2.28. The maximum Gasteiger partial charge on any atom is 0.223 e. The third kappa shape index (κ3) is 3.22. The number of nitrogens with zero attached hydrogens (tertiary/aromatic N) is 2. The van der Waals surface area contributed by atoms with Crippen LogP contribution in [-0.2, 0) is 16.0 Å². The Bertz CT molecular complexity index is 727. The van der Waals surface area contributed by atoms with Gasteiger partial charge in [0, 0.05) is 38.2 Å². The zero-order valence-electron chi connectivity index (χ0n) is 14.1. The van der Waals surface area contributed by atoms with E-state index in [0.717, 1.165) is 18.5 Å². The van der Waals surface area contributed by atoms with Crippen molar-refractivity contribution in [2.75, 3.05) is 26.8 Å². The van der Waals surface area contributed by atoms with Crippen LogP contribution in [0.3, 0.4) is 0 Å². The molecule has 23 heavy (non-hydrogen) atoms. The van der Waals surface area contributed by atoms with Crippen molar-refractivity contribution in [3.05, 3.63) is 41.1 Å². The molecule has 1 saturated heterocycles. The van der Waals surface area contributed by atoms with Crippen LogP contribution in [0, 0.1) is 19.8 Å². The highest BCUT2D eigenvalue weighted by Crippen LogP contribution is 2.27. The van der Waals surface area contributed by atoms with Gasteiger partial charge >= 0.3 is 0 Å². The van der Waals surface area contributed by atoms with Crippen LogP contribution >= 0.6 is 0 Å². The number of benzene rings is 1. The average molecular weight is 312 g/mol. The van der Waals surface area contributed by atoms with E-state index in [1.165, 1.54) is 22.1 Å². The van der Waals surface area contributed by atoms with E-state index in [9.17, 15) is 4.79 Å². The van der Waals surface area contributed by atoms with E-state index in [4.69, 9.17) is 4.74 Å². The predicted molar refractivity (Wildman–Crippen MR) is 91.5 cm³/mol. The first kappa shape index (κ1) is 15.9. The molecule has 1 fully saturated rings. The average Bonchev–Trinajstić information content (AvgIpc) is 2.89. The topological polar surface area (TPSA) is 42.4 Å². The predicted octanol–water partition coefficient (Wildman–Crippen LogP) is 2.89. The molecule has 0 unspecified atom stereocenters. The minimum atomic E-state index is 0.248. The summed E-state index contributed by atoms with van der Waals surface area (Å²) in [5, 5.41) is 1.22. The Labute approximate surface area is 137 Å². The van der Waals surface area contributed by atoms with Crippen LogP contribution in [0.4, 0.5) is 0 Å². The van der Waals surface area contributed by atoms with Gasteiger partial charge in [0.15, 0.2) is 0 Å². The van der Waals surface area contributed by atoms with Crippen molar-refractivity contribution in [3.8, 4) is 0 Å². The second-order valence-electron chi connectivity index (χ2n) is 6.48. The summed E-state index contributed by atoms with van der Waals surface area (Å²) in [6, 6.07) is 6.42. The number of pyridine rings is 1. The minimum Gasteiger partial charge on any atom is -0.383 e. The fourth-order valence-electron chi connectivity index (χ4n) is 3.42. The number of methoxy groups -OCH3 is 1. The van der Waals surface area contributed by atoms with Crippen LogP contribution in [0.25, 0.3) is 10.9 Å². The molecular formula is C19H24N2O2. The second kappa shape index (κ2) is 6.67. The van der Waals surface area contributed by atoms with Crippen LogP contribution in [0.15, 0.2) is 24.4 Å². The summed E-state index contributed by atoms with van der Waals surface area (Å²) in [6.07, 6.45) is 3.46. The fourth-order valence-corrected chi connectivity index (χ4v) is 3.42. The number of hydrogen-bond donors (Lipinski definition) is 0. The first-order chi connectivity index (χ1) is 11.1. The van der Waals surface area contributed by atoms with E-state index in [-0.39, 0.29) is 5.91 Å². The highest BCUT2D eigenvalue weighted by molar-refractivity contribution is 5.86. The molecule has 0 N–H and O–H groups in total. The van der Waals surface area contributed by atoms with Crippen LogP contribution in [0.1, 0.15) is 23.1 Å². The van der Waals surface area contributed by atoms with Crippen molar-refractivity contribution in [2.24, 2.45) is 5.92 Å². The van der Waals surface area contributed by atoms with Gasteiger partial charge in [-0.2, -0.15) is 0 Å². The quantitative estimate of drug-likeness (QED) is 0.852. The molecule has 2 aromatic rings. The summed E-state index contributed by atoms with van der Waals surface area (Å²) in [5.74, 6) is 0.629. The van der Waals surface area contributed by atoms with Gasteiger partial charge in [-0.3, -0.25) is 9.78 Å². The summed E-state index contributed by atoms with van der Waals surface area (Å²) in [4.78, 5) is 18.6. The molecule has 2 heterocycles. The van der Waals surface area contributed by atoms with Gasteiger partial charge in [-0.05, 0) is 48.9 Å². The smallest absolute Gasteiger partial charge is 0.223 e. The minimum absolute atomic E-state index is 0.248. The van der Waals surface area contributed by atoms with Crippen molar-refractivity contribution in [1.29, 1.82) is 0 Å². The van der Waals surface area contributed by atoms with Gasteiger partial charge in [-0.1, -0.05) is 12.1 Å². The molecule has 4 heteroatoms. The number of likely N-dealkylation sites (tertiary alicyclic amines) is 1. The number of carbonyl (C=O) groups excluding carboxylic acids is 1. The van der Waals surface area contributed by atoms with Gasteiger partial charge in [-0.15, -0.1) is 0 Å². The Morgan fingerprint density at radius 1 is 1.30 bits per heavy atom. The number of fused-ring (bicyclic) bond motifs is 1. The van der Waals surface area contributed by atoms with Gasteiger partial charge in [0.1, 0.15) is 0 Å². The van der Waals surface area contributed by atoms with Crippen LogP contribution < -0.4 is 0 Å². The van der Waals surface area contributed by atoms with Crippen molar-refractivity contribution >= 4 is 16.8 Å². The standard InChI is InChI=1S/C19H24N2O2/c1-13-4-5-17-16(6-7-20-19(17)14(13)2)10-15-11-18(22)21(12-15)8-9-23-3/h4-7,15H,8-12H2,1-3H3/t15-/m1/s1. The molecule has 1 aromatic heterocycles. The van der Waals surface area contributed by atoms with Gasteiger partial charge in [0.2, 0.25) is 5.91 Å². The van der Waals surface area contributed by atoms with Crippen molar-refractivity contribution < 1.29 is 9.53 Å². The van der Waals surface area contributed by atoms with Crippen LogP contribution in [0.2, 0.25) is 0 Å². The van der Waals surface area contributed by atoms with Crippen LogP contribution in [0.5, 0.6) is 0 Å². The van der Waals surface area contributed by atoms with Crippen molar-refractivity contribution in [3.63, 3.8) is 0 Å². The molecule has 4 nitrogen and oxygen atoms in total. The Kier molecular flexibility index (Phi) is 4.62. The molecule has 1 atom stereocenters. The summed E-state index contributed by atoms with van der Waals surface area (Å²) < 4.78 is 5.09. The highest BCUT2D eigenvalue weighted by Gasteiger charge is 2.29. The van der Waals surface area contributed by atoms with Crippen LogP contribution in [-0.4, -0.2) is 42.6 Å². The SMILES string of the molecule is COCCN1C[C@H](Cc2ccnc3c(C)c(C)ccc23)CC1=O. The first-order valence-electron chi connectivity index (χ1n) is 8.20. The lowest BCUT2D eigenvalue weighted by molar-refractivity contribution is -0.128. The number of carbonyl (C=O) groups is 1. The van der Waals surface area contributed by atoms with Gasteiger partial charge in [0.25, 0.3) is 0 Å². The Morgan fingerprint density at radius 3 is 2.91 bits per heavy atom. The number of ether oxygens (including phenoxy) is 1. The van der Waals surface area contributed by atoms with Gasteiger partial charge in [-0.25, -0.2) is 0 Å². The summed E-state index contributed by atoms with van der Waals surface area (Å²) in [6.45, 7) is 6.37. The number of aryl methyl sites for hydroxylation is 2. The summed E-state index contributed by atoms with van der Waals surface area (Å²) >= 11 is 0. The molecule has 122 valence electrons. The molecule has 0 spiro atoms. The number of hydrogen-bond acceptors (Lipinski definition) is 3. The largest absolute Gasteiger partial charge is 0.383 e. The Balaban J connectivity index is 1.80. The van der Waals surface area contributed by atoms with Crippen molar-refractivity contribution in [2.45, 2.75) is 26.7 Å². The zero-order chi connectivity index (χ0) is 16.4. The molecule has 1 aliphatic heterocycles. The molecule has 3 rings (SSSR count). The Hall–Kier alpha value is -1.94. The molecule has 1 aliphatic rings. The monoisotopic (exact) mass is 312 g/mol. The van der Waals surface area contributed by atoms with E-state index in [1.54, 1.807) is 7.11 Å². The zero-order valence-corrected chi connectivity index (χ0v) is 14.1. The van der Waals surface area contributed by atoms with E-state index < -0.39 is 0 Å². The number of amides is 1.